The third kappa shape index (κ3) is 5.34. The Balaban J connectivity index is 1.74. The maximum Gasteiger partial charge on any atom is 0.233 e. The minimum absolute atomic E-state index is 0.102. The van der Waals surface area contributed by atoms with Gasteiger partial charge in [0.05, 0.1) is 5.25 Å². The van der Waals surface area contributed by atoms with Crippen molar-refractivity contribution in [1.82, 2.24) is 20.1 Å². The Morgan fingerprint density at radius 1 is 1.38 bits per heavy atom. The SMILES string of the molecule is CC(Sc1nncn1C)C(=O)NCC1CCCCCCC1. The van der Waals surface area contributed by atoms with E-state index >= 15 is 0 Å². The van der Waals surface area contributed by atoms with Crippen LogP contribution in [0, 0.1) is 5.92 Å². The first-order valence-electron chi connectivity index (χ1n) is 7.95. The van der Waals surface area contributed by atoms with Gasteiger partial charge in [0.25, 0.3) is 0 Å². The summed E-state index contributed by atoms with van der Waals surface area (Å²) in [5, 5.41) is 11.6. The molecule has 0 radical (unpaired) electrons. The third-order valence-corrected chi connectivity index (χ3v) is 5.26. The first-order valence-corrected chi connectivity index (χ1v) is 8.83. The topological polar surface area (TPSA) is 59.8 Å². The fourth-order valence-corrected chi connectivity index (χ4v) is 3.54. The fourth-order valence-electron chi connectivity index (χ4n) is 2.72. The number of carbonyl (C=O) groups excluding carboxylic acids is 1. The van der Waals surface area contributed by atoms with Crippen molar-refractivity contribution in [2.24, 2.45) is 13.0 Å². The molecule has 0 aliphatic heterocycles. The molecule has 1 aliphatic rings. The molecular formula is C15H26N4OS. The van der Waals surface area contributed by atoms with E-state index in [0.717, 1.165) is 11.7 Å². The summed E-state index contributed by atoms with van der Waals surface area (Å²) in [5.74, 6) is 0.756. The molecule has 1 aliphatic carbocycles. The van der Waals surface area contributed by atoms with Gasteiger partial charge in [-0.15, -0.1) is 10.2 Å². The Morgan fingerprint density at radius 3 is 2.67 bits per heavy atom. The van der Waals surface area contributed by atoms with Gasteiger partial charge in [-0.3, -0.25) is 4.79 Å². The van der Waals surface area contributed by atoms with E-state index in [0.29, 0.717) is 5.92 Å². The molecule has 2 rings (SSSR count). The lowest BCUT2D eigenvalue weighted by Crippen LogP contribution is -2.35. The quantitative estimate of drug-likeness (QED) is 0.850. The van der Waals surface area contributed by atoms with Crippen LogP contribution in [0.4, 0.5) is 0 Å². The summed E-state index contributed by atoms with van der Waals surface area (Å²) < 4.78 is 1.84. The zero-order chi connectivity index (χ0) is 15.1. The first-order chi connectivity index (χ1) is 10.2. The lowest BCUT2D eigenvalue weighted by molar-refractivity contribution is -0.120. The van der Waals surface area contributed by atoms with Crippen LogP contribution in [0.5, 0.6) is 0 Å². The normalized spacial score (nSPS) is 18.8. The molecule has 1 fully saturated rings. The zero-order valence-corrected chi connectivity index (χ0v) is 13.9. The highest BCUT2D eigenvalue weighted by molar-refractivity contribution is 8.00. The van der Waals surface area contributed by atoms with Crippen LogP contribution in [0.25, 0.3) is 0 Å². The van der Waals surface area contributed by atoms with Crippen molar-refractivity contribution in [3.05, 3.63) is 6.33 Å². The number of hydrogen-bond donors (Lipinski definition) is 1. The molecule has 1 aromatic rings. The van der Waals surface area contributed by atoms with E-state index in [-0.39, 0.29) is 11.2 Å². The molecule has 6 heteroatoms. The Morgan fingerprint density at radius 2 is 2.05 bits per heavy atom. The molecule has 1 heterocycles. The number of hydrogen-bond acceptors (Lipinski definition) is 4. The number of carbonyl (C=O) groups is 1. The van der Waals surface area contributed by atoms with Gasteiger partial charge in [-0.05, 0) is 25.7 Å². The summed E-state index contributed by atoms with van der Waals surface area (Å²) in [5.41, 5.74) is 0. The maximum atomic E-state index is 12.2. The molecule has 5 nitrogen and oxygen atoms in total. The highest BCUT2D eigenvalue weighted by Gasteiger charge is 2.18. The molecule has 1 amide bonds. The average molecular weight is 310 g/mol. The second kappa shape index (κ2) is 8.41. The number of aryl methyl sites for hydroxylation is 1. The lowest BCUT2D eigenvalue weighted by atomic mass is 9.91. The highest BCUT2D eigenvalue weighted by atomic mass is 32.2. The summed E-state index contributed by atoms with van der Waals surface area (Å²) in [4.78, 5) is 12.2. The Kier molecular flexibility index (Phi) is 6.54. The van der Waals surface area contributed by atoms with Gasteiger partial charge in [0.2, 0.25) is 5.91 Å². The molecule has 118 valence electrons. The Bertz CT molecular complexity index is 441. The summed E-state index contributed by atoms with van der Waals surface area (Å²) >= 11 is 1.46. The van der Waals surface area contributed by atoms with Crippen LogP contribution >= 0.6 is 11.8 Å². The zero-order valence-electron chi connectivity index (χ0n) is 13.0. The molecule has 21 heavy (non-hydrogen) atoms. The second-order valence-corrected chi connectivity index (χ2v) is 7.25. The van der Waals surface area contributed by atoms with E-state index in [9.17, 15) is 4.79 Å². The molecule has 0 aromatic carbocycles. The summed E-state index contributed by atoms with van der Waals surface area (Å²) in [6.07, 6.45) is 10.9. The third-order valence-electron chi connectivity index (χ3n) is 4.11. The summed E-state index contributed by atoms with van der Waals surface area (Å²) in [7, 11) is 1.89. The molecule has 1 aromatic heterocycles. The van der Waals surface area contributed by atoms with Gasteiger partial charge in [0.1, 0.15) is 6.33 Å². The molecule has 0 bridgehead atoms. The van der Waals surface area contributed by atoms with Crippen molar-refractivity contribution in [3.8, 4) is 0 Å². The fraction of sp³-hybridized carbons (Fsp3) is 0.800. The van der Waals surface area contributed by atoms with E-state index in [2.05, 4.69) is 15.5 Å². The van der Waals surface area contributed by atoms with Crippen molar-refractivity contribution in [3.63, 3.8) is 0 Å². The van der Waals surface area contributed by atoms with Crippen LogP contribution in [-0.2, 0) is 11.8 Å². The van der Waals surface area contributed by atoms with E-state index in [1.54, 1.807) is 6.33 Å². The van der Waals surface area contributed by atoms with Crippen molar-refractivity contribution >= 4 is 17.7 Å². The molecule has 1 N–H and O–H groups in total. The Labute approximate surface area is 131 Å². The van der Waals surface area contributed by atoms with E-state index in [4.69, 9.17) is 0 Å². The van der Waals surface area contributed by atoms with Crippen molar-refractivity contribution in [1.29, 1.82) is 0 Å². The molecule has 0 saturated heterocycles. The first kappa shape index (κ1) is 16.3. The van der Waals surface area contributed by atoms with Gasteiger partial charge in [0, 0.05) is 13.6 Å². The lowest BCUT2D eigenvalue weighted by Gasteiger charge is -2.21. The molecule has 0 spiro atoms. The predicted molar refractivity (Wildman–Crippen MR) is 85.1 cm³/mol. The monoisotopic (exact) mass is 310 g/mol. The average Bonchev–Trinajstić information content (AvgIpc) is 2.82. The van der Waals surface area contributed by atoms with E-state index in [1.165, 1.54) is 56.7 Å². The van der Waals surface area contributed by atoms with Crippen molar-refractivity contribution < 1.29 is 4.79 Å². The second-order valence-electron chi connectivity index (χ2n) is 5.94. The van der Waals surface area contributed by atoms with Crippen LogP contribution in [0.1, 0.15) is 51.9 Å². The van der Waals surface area contributed by atoms with Crippen LogP contribution in [0.15, 0.2) is 11.5 Å². The highest BCUT2D eigenvalue weighted by Crippen LogP contribution is 2.23. The molecule has 1 saturated carbocycles. The predicted octanol–water partition coefficient (Wildman–Crippen LogP) is 2.77. The number of amides is 1. The van der Waals surface area contributed by atoms with Crippen LogP contribution in [0.3, 0.4) is 0 Å². The van der Waals surface area contributed by atoms with Gasteiger partial charge in [-0.1, -0.05) is 43.9 Å². The van der Waals surface area contributed by atoms with E-state index < -0.39 is 0 Å². The van der Waals surface area contributed by atoms with Gasteiger partial charge in [0.15, 0.2) is 5.16 Å². The van der Waals surface area contributed by atoms with E-state index in [1.807, 2.05) is 18.5 Å². The van der Waals surface area contributed by atoms with Gasteiger partial charge < -0.3 is 9.88 Å². The molecule has 1 unspecified atom stereocenters. The minimum atomic E-state index is -0.138. The smallest absolute Gasteiger partial charge is 0.233 e. The number of nitrogens with one attached hydrogen (secondary N) is 1. The minimum Gasteiger partial charge on any atom is -0.355 e. The van der Waals surface area contributed by atoms with Gasteiger partial charge >= 0.3 is 0 Å². The van der Waals surface area contributed by atoms with Crippen molar-refractivity contribution in [2.75, 3.05) is 6.54 Å². The number of nitrogens with zero attached hydrogens (tertiary/aromatic N) is 3. The number of thioether (sulfide) groups is 1. The number of aromatic nitrogens is 3. The summed E-state index contributed by atoms with van der Waals surface area (Å²) in [6, 6.07) is 0. The Hall–Kier alpha value is -1.04. The largest absolute Gasteiger partial charge is 0.355 e. The van der Waals surface area contributed by atoms with Crippen LogP contribution < -0.4 is 5.32 Å². The number of rotatable bonds is 5. The van der Waals surface area contributed by atoms with Crippen LogP contribution in [-0.4, -0.2) is 32.5 Å². The molecular weight excluding hydrogens is 284 g/mol. The van der Waals surface area contributed by atoms with Gasteiger partial charge in [-0.25, -0.2) is 0 Å². The van der Waals surface area contributed by atoms with Crippen molar-refractivity contribution in [2.45, 2.75) is 62.3 Å². The standard InChI is InChI=1S/C15H26N4OS/c1-12(21-15-18-17-11-19(15)2)14(20)16-10-13-8-6-4-3-5-7-9-13/h11-13H,3-10H2,1-2H3,(H,16,20). The molecule has 1 atom stereocenters. The van der Waals surface area contributed by atoms with Gasteiger partial charge in [-0.2, -0.15) is 0 Å². The van der Waals surface area contributed by atoms with Crippen LogP contribution in [0.2, 0.25) is 0 Å². The maximum absolute atomic E-state index is 12.2. The summed E-state index contributed by atoms with van der Waals surface area (Å²) in [6.45, 7) is 2.75.